The second-order valence-corrected chi connectivity index (χ2v) is 10.9. The molecule has 2 aliphatic carbocycles. The number of nitrogens with one attached hydrogen (secondary N) is 1. The second kappa shape index (κ2) is 10.9. The molecule has 5 rings (SSSR count). The van der Waals surface area contributed by atoms with Crippen molar-refractivity contribution in [3.05, 3.63) is 23.8 Å². The monoisotopic (exact) mass is 470 g/mol. The van der Waals surface area contributed by atoms with E-state index in [-0.39, 0.29) is 5.91 Å². The van der Waals surface area contributed by atoms with E-state index >= 15 is 0 Å². The van der Waals surface area contributed by atoms with Crippen LogP contribution in [0.3, 0.4) is 0 Å². The average molecular weight is 471 g/mol. The van der Waals surface area contributed by atoms with Gasteiger partial charge in [-0.1, -0.05) is 31.4 Å². The maximum atomic E-state index is 13.0. The third-order valence-electron chi connectivity index (χ3n) is 8.96. The van der Waals surface area contributed by atoms with E-state index in [0.29, 0.717) is 18.8 Å². The lowest BCUT2D eigenvalue weighted by Gasteiger charge is -2.37. The molecule has 3 fully saturated rings. The molecule has 1 N–H and O–H groups in total. The van der Waals surface area contributed by atoms with Crippen LogP contribution in [0.15, 0.2) is 18.2 Å². The van der Waals surface area contributed by atoms with Crippen LogP contribution in [0.5, 0.6) is 11.5 Å². The highest BCUT2D eigenvalue weighted by atomic mass is 16.7. The van der Waals surface area contributed by atoms with E-state index in [0.717, 1.165) is 55.9 Å². The Morgan fingerprint density at radius 2 is 1.82 bits per heavy atom. The van der Waals surface area contributed by atoms with Gasteiger partial charge in [-0.2, -0.15) is 0 Å². The molecule has 0 atom stereocenters. The predicted octanol–water partition coefficient (Wildman–Crippen LogP) is 5.01. The number of amides is 1. The first-order valence-electron chi connectivity index (χ1n) is 13.6. The Balaban J connectivity index is 1.02. The first-order valence-corrected chi connectivity index (χ1v) is 13.6. The summed E-state index contributed by atoms with van der Waals surface area (Å²) in [6.07, 6.45) is 13.5. The van der Waals surface area contributed by atoms with E-state index in [2.05, 4.69) is 22.3 Å². The topological polar surface area (TPSA) is 60.0 Å². The zero-order valence-corrected chi connectivity index (χ0v) is 20.9. The highest BCUT2D eigenvalue weighted by Crippen LogP contribution is 2.42. The van der Waals surface area contributed by atoms with Crippen molar-refractivity contribution in [1.29, 1.82) is 0 Å². The van der Waals surface area contributed by atoms with E-state index in [1.165, 1.54) is 63.7 Å². The van der Waals surface area contributed by atoms with Crippen LogP contribution in [0.4, 0.5) is 0 Å². The molecule has 1 aromatic rings. The molecular formula is C28H42N2O4. The van der Waals surface area contributed by atoms with Gasteiger partial charge in [-0.15, -0.1) is 0 Å². The number of carbonyl (C=O) groups is 1. The highest BCUT2D eigenvalue weighted by molar-refractivity contribution is 5.85. The Hall–Kier alpha value is -1.79. The standard InChI is InChI=1S/C28H42N2O4/c1-32-28(15-3-2-4-16-28)27(31)29-23-10-8-21(9-11-23)12-17-30-18-13-22(14-19-30)24-6-5-7-25-26(24)34-20-33-25/h5-7,21-23H,2-4,8-20H2,1H3,(H,29,31)/t21-,23-. The summed E-state index contributed by atoms with van der Waals surface area (Å²) in [7, 11) is 1.71. The molecule has 4 aliphatic rings. The lowest BCUT2D eigenvalue weighted by Crippen LogP contribution is -2.53. The molecule has 188 valence electrons. The number of hydrogen-bond donors (Lipinski definition) is 1. The molecular weight excluding hydrogens is 428 g/mol. The molecule has 2 heterocycles. The molecule has 1 amide bonds. The normalized spacial score (nSPS) is 27.4. The number of likely N-dealkylation sites (tertiary alicyclic amines) is 1. The van der Waals surface area contributed by atoms with Crippen molar-refractivity contribution >= 4 is 5.91 Å². The average Bonchev–Trinajstić information content (AvgIpc) is 3.38. The first kappa shape index (κ1) is 23.9. The fraction of sp³-hybridized carbons (Fsp3) is 0.750. The SMILES string of the molecule is COC1(C(=O)N[C@H]2CC[C@H](CCN3CCC(c4cccc5c4OCO5)CC3)CC2)CCCCC1. The van der Waals surface area contributed by atoms with Crippen LogP contribution in [0.2, 0.25) is 0 Å². The summed E-state index contributed by atoms with van der Waals surface area (Å²) in [6.45, 7) is 3.89. The van der Waals surface area contributed by atoms with Crippen molar-refractivity contribution in [3.63, 3.8) is 0 Å². The van der Waals surface area contributed by atoms with Crippen molar-refractivity contribution in [1.82, 2.24) is 10.2 Å². The molecule has 6 heteroatoms. The van der Waals surface area contributed by atoms with Gasteiger partial charge >= 0.3 is 0 Å². The number of methoxy groups -OCH3 is 1. The first-order chi connectivity index (χ1) is 16.7. The van der Waals surface area contributed by atoms with E-state index in [4.69, 9.17) is 14.2 Å². The summed E-state index contributed by atoms with van der Waals surface area (Å²) in [5.41, 5.74) is 0.763. The zero-order valence-electron chi connectivity index (χ0n) is 20.9. The number of hydrogen-bond acceptors (Lipinski definition) is 5. The van der Waals surface area contributed by atoms with Crippen LogP contribution in [0.25, 0.3) is 0 Å². The Bertz CT molecular complexity index is 822. The van der Waals surface area contributed by atoms with Crippen molar-refractivity contribution in [2.75, 3.05) is 33.5 Å². The third kappa shape index (κ3) is 5.23. The molecule has 6 nitrogen and oxygen atoms in total. The molecule has 2 saturated carbocycles. The lowest BCUT2D eigenvalue weighted by atomic mass is 9.81. The van der Waals surface area contributed by atoms with Crippen LogP contribution in [0, 0.1) is 5.92 Å². The summed E-state index contributed by atoms with van der Waals surface area (Å²) in [4.78, 5) is 15.6. The molecule has 0 spiro atoms. The lowest BCUT2D eigenvalue weighted by molar-refractivity contribution is -0.148. The Morgan fingerprint density at radius 3 is 2.56 bits per heavy atom. The number of fused-ring (bicyclic) bond motifs is 1. The predicted molar refractivity (Wildman–Crippen MR) is 132 cm³/mol. The van der Waals surface area contributed by atoms with Gasteiger partial charge in [0, 0.05) is 18.7 Å². The molecule has 1 aromatic carbocycles. The number of carbonyl (C=O) groups excluding carboxylic acids is 1. The van der Waals surface area contributed by atoms with Gasteiger partial charge < -0.3 is 24.4 Å². The Morgan fingerprint density at radius 1 is 1.06 bits per heavy atom. The van der Waals surface area contributed by atoms with Gasteiger partial charge in [-0.3, -0.25) is 4.79 Å². The van der Waals surface area contributed by atoms with Gasteiger partial charge in [0.25, 0.3) is 5.91 Å². The maximum Gasteiger partial charge on any atom is 0.252 e. The molecule has 2 aliphatic heterocycles. The van der Waals surface area contributed by atoms with Gasteiger partial charge in [-0.05, 0) is 95.3 Å². The number of para-hydroxylation sites is 1. The summed E-state index contributed by atoms with van der Waals surface area (Å²) >= 11 is 0. The minimum absolute atomic E-state index is 0.141. The van der Waals surface area contributed by atoms with Gasteiger partial charge in [0.1, 0.15) is 5.60 Å². The van der Waals surface area contributed by atoms with Gasteiger partial charge in [0.2, 0.25) is 6.79 Å². The fourth-order valence-electron chi connectivity index (χ4n) is 6.67. The largest absolute Gasteiger partial charge is 0.454 e. The smallest absolute Gasteiger partial charge is 0.252 e. The minimum Gasteiger partial charge on any atom is -0.454 e. The summed E-state index contributed by atoms with van der Waals surface area (Å²) in [5.74, 6) is 3.39. The van der Waals surface area contributed by atoms with E-state index < -0.39 is 5.60 Å². The van der Waals surface area contributed by atoms with Crippen LogP contribution in [-0.2, 0) is 9.53 Å². The van der Waals surface area contributed by atoms with Crippen LogP contribution in [-0.4, -0.2) is 56.0 Å². The zero-order chi connectivity index (χ0) is 23.4. The van der Waals surface area contributed by atoms with Crippen LogP contribution < -0.4 is 14.8 Å². The summed E-state index contributed by atoms with van der Waals surface area (Å²) in [6, 6.07) is 6.64. The highest BCUT2D eigenvalue weighted by Gasteiger charge is 2.40. The maximum absolute atomic E-state index is 13.0. The van der Waals surface area contributed by atoms with Gasteiger partial charge in [0.05, 0.1) is 0 Å². The van der Waals surface area contributed by atoms with Crippen LogP contribution in [0.1, 0.15) is 88.5 Å². The van der Waals surface area contributed by atoms with Crippen molar-refractivity contribution in [2.24, 2.45) is 5.92 Å². The molecule has 1 saturated heterocycles. The Kier molecular flexibility index (Phi) is 7.64. The van der Waals surface area contributed by atoms with E-state index in [9.17, 15) is 4.79 Å². The summed E-state index contributed by atoms with van der Waals surface area (Å²) in [5, 5.41) is 3.35. The Labute approximate surface area is 204 Å². The number of nitrogens with zero attached hydrogens (tertiary/aromatic N) is 1. The van der Waals surface area contributed by atoms with Crippen molar-refractivity contribution in [3.8, 4) is 11.5 Å². The van der Waals surface area contributed by atoms with Gasteiger partial charge in [0.15, 0.2) is 11.5 Å². The number of ether oxygens (including phenoxy) is 3. The molecule has 0 unspecified atom stereocenters. The molecule has 0 radical (unpaired) electrons. The van der Waals surface area contributed by atoms with E-state index in [1.54, 1.807) is 7.11 Å². The van der Waals surface area contributed by atoms with E-state index in [1.807, 2.05) is 6.07 Å². The fourth-order valence-corrected chi connectivity index (χ4v) is 6.67. The van der Waals surface area contributed by atoms with Gasteiger partial charge in [-0.25, -0.2) is 0 Å². The molecule has 34 heavy (non-hydrogen) atoms. The number of benzene rings is 1. The molecule has 0 bridgehead atoms. The van der Waals surface area contributed by atoms with Crippen LogP contribution >= 0.6 is 0 Å². The third-order valence-corrected chi connectivity index (χ3v) is 8.96. The number of rotatable bonds is 7. The number of piperidine rings is 1. The summed E-state index contributed by atoms with van der Waals surface area (Å²) < 4.78 is 17.0. The second-order valence-electron chi connectivity index (χ2n) is 10.9. The van der Waals surface area contributed by atoms with Crippen molar-refractivity contribution in [2.45, 2.75) is 94.6 Å². The quantitative estimate of drug-likeness (QED) is 0.607. The molecule has 0 aromatic heterocycles. The van der Waals surface area contributed by atoms with Crippen molar-refractivity contribution < 1.29 is 19.0 Å². The minimum atomic E-state index is -0.569.